The van der Waals surface area contributed by atoms with Gasteiger partial charge in [-0.1, -0.05) is 11.6 Å². The third kappa shape index (κ3) is 5.16. The number of carbonyl (C=O) groups excluding carboxylic acids is 1. The van der Waals surface area contributed by atoms with Crippen molar-refractivity contribution >= 4 is 27.3 Å². The fourth-order valence-electron chi connectivity index (χ4n) is 3.81. The lowest BCUT2D eigenvalue weighted by Gasteiger charge is -2.27. The third-order valence-corrected chi connectivity index (χ3v) is 7.44. The molecule has 0 radical (unpaired) electrons. The van der Waals surface area contributed by atoms with Crippen LogP contribution in [-0.2, 0) is 16.4 Å². The minimum Gasteiger partial charge on any atom is -0.494 e. The predicted octanol–water partition coefficient (Wildman–Crippen LogP) is 4.83. The average Bonchev–Trinajstić information content (AvgIpc) is 3.39. The number of halogens is 1. The quantitative estimate of drug-likeness (QED) is 0.491. The summed E-state index contributed by atoms with van der Waals surface area (Å²) in [6.07, 6.45) is 0.413. The third-order valence-electron chi connectivity index (χ3n) is 5.44. The molecule has 4 rings (SSSR count). The second-order valence-corrected chi connectivity index (χ2v) is 10.4. The number of furan rings is 1. The molecule has 168 valence electrons. The van der Waals surface area contributed by atoms with E-state index in [2.05, 4.69) is 0 Å². The Labute approximate surface area is 192 Å². The first-order valence-electron chi connectivity index (χ1n) is 10.4. The molecule has 1 aromatic heterocycles. The second kappa shape index (κ2) is 9.38. The topological polar surface area (TPSA) is 76.8 Å². The fourth-order valence-corrected chi connectivity index (χ4v) is 5.67. The Morgan fingerprint density at radius 2 is 1.81 bits per heavy atom. The number of carbonyl (C=O) groups is 1. The summed E-state index contributed by atoms with van der Waals surface area (Å²) in [5, 5.41) is 0.634. The number of hydrogen-bond donors (Lipinski definition) is 0. The van der Waals surface area contributed by atoms with Crippen molar-refractivity contribution in [1.29, 1.82) is 0 Å². The highest BCUT2D eigenvalue weighted by Crippen LogP contribution is 2.27. The molecule has 2 aromatic carbocycles. The van der Waals surface area contributed by atoms with Crippen LogP contribution in [0.2, 0.25) is 5.02 Å². The Morgan fingerprint density at radius 3 is 2.44 bits per heavy atom. The van der Waals surface area contributed by atoms with Gasteiger partial charge in [-0.2, -0.15) is 0 Å². The SMILES string of the molecule is CCOc1ccc(C(=O)N(Cc2ccc(-c3ccc(Cl)cc3)o2)[C@H]2CCS(=O)(=O)C2)cc1. The molecule has 0 saturated carbocycles. The fraction of sp³-hybridized carbons (Fsp3) is 0.292. The zero-order valence-corrected chi connectivity index (χ0v) is 19.2. The molecule has 8 heteroatoms. The number of ether oxygens (including phenoxy) is 1. The lowest BCUT2D eigenvalue weighted by molar-refractivity contribution is 0.0666. The number of hydrogen-bond acceptors (Lipinski definition) is 5. The van der Waals surface area contributed by atoms with Gasteiger partial charge in [-0.15, -0.1) is 0 Å². The average molecular weight is 474 g/mol. The van der Waals surface area contributed by atoms with Gasteiger partial charge in [0.2, 0.25) is 0 Å². The molecule has 6 nitrogen and oxygen atoms in total. The molecular weight excluding hydrogens is 450 g/mol. The molecular formula is C24H24ClNO5S. The first kappa shape index (κ1) is 22.4. The van der Waals surface area contributed by atoms with Crippen LogP contribution in [-0.4, -0.2) is 43.4 Å². The van der Waals surface area contributed by atoms with Crippen LogP contribution in [0, 0.1) is 0 Å². The summed E-state index contributed by atoms with van der Waals surface area (Å²) in [6, 6.07) is 17.4. The molecule has 1 aliphatic heterocycles. The summed E-state index contributed by atoms with van der Waals surface area (Å²) in [5.41, 5.74) is 1.34. The van der Waals surface area contributed by atoms with Crippen molar-refractivity contribution in [3.8, 4) is 17.1 Å². The molecule has 0 N–H and O–H groups in total. The predicted molar refractivity (Wildman–Crippen MR) is 124 cm³/mol. The van der Waals surface area contributed by atoms with E-state index in [-0.39, 0.29) is 24.0 Å². The summed E-state index contributed by atoms with van der Waals surface area (Å²) in [6.45, 7) is 2.61. The van der Waals surface area contributed by atoms with Gasteiger partial charge in [-0.25, -0.2) is 8.42 Å². The molecule has 1 saturated heterocycles. The van der Waals surface area contributed by atoms with E-state index in [4.69, 9.17) is 20.8 Å². The van der Waals surface area contributed by atoms with Crippen molar-refractivity contribution in [2.75, 3.05) is 18.1 Å². The van der Waals surface area contributed by atoms with Crippen LogP contribution >= 0.6 is 11.6 Å². The van der Waals surface area contributed by atoms with Gasteiger partial charge in [0, 0.05) is 22.2 Å². The van der Waals surface area contributed by atoms with Crippen molar-refractivity contribution < 1.29 is 22.4 Å². The van der Waals surface area contributed by atoms with Gasteiger partial charge in [0.05, 0.1) is 24.7 Å². The molecule has 1 atom stereocenters. The molecule has 32 heavy (non-hydrogen) atoms. The highest BCUT2D eigenvalue weighted by molar-refractivity contribution is 7.91. The monoisotopic (exact) mass is 473 g/mol. The van der Waals surface area contributed by atoms with Gasteiger partial charge in [0.15, 0.2) is 9.84 Å². The van der Waals surface area contributed by atoms with E-state index >= 15 is 0 Å². The molecule has 0 unspecified atom stereocenters. The number of nitrogens with zero attached hydrogens (tertiary/aromatic N) is 1. The first-order chi connectivity index (χ1) is 15.3. The van der Waals surface area contributed by atoms with Crippen molar-refractivity contribution in [2.24, 2.45) is 0 Å². The molecule has 1 fully saturated rings. The largest absolute Gasteiger partial charge is 0.494 e. The zero-order chi connectivity index (χ0) is 22.7. The summed E-state index contributed by atoms with van der Waals surface area (Å²) in [5.74, 6) is 1.72. The van der Waals surface area contributed by atoms with Gasteiger partial charge in [-0.3, -0.25) is 4.79 Å². The molecule has 1 amide bonds. The van der Waals surface area contributed by atoms with E-state index in [9.17, 15) is 13.2 Å². The van der Waals surface area contributed by atoms with Crippen LogP contribution in [0.25, 0.3) is 11.3 Å². The van der Waals surface area contributed by atoms with E-state index in [0.29, 0.717) is 40.9 Å². The molecule has 2 heterocycles. The maximum Gasteiger partial charge on any atom is 0.254 e. The minimum absolute atomic E-state index is 0.0412. The number of benzene rings is 2. The van der Waals surface area contributed by atoms with Crippen LogP contribution in [0.4, 0.5) is 0 Å². The number of amides is 1. The van der Waals surface area contributed by atoms with Gasteiger partial charge in [0.1, 0.15) is 17.3 Å². The number of sulfone groups is 1. The van der Waals surface area contributed by atoms with Crippen LogP contribution < -0.4 is 4.74 Å². The minimum atomic E-state index is -3.16. The lowest BCUT2D eigenvalue weighted by Crippen LogP contribution is -2.40. The summed E-state index contributed by atoms with van der Waals surface area (Å²) < 4.78 is 35.6. The van der Waals surface area contributed by atoms with Crippen molar-refractivity contribution in [3.05, 3.63) is 77.0 Å². The Balaban J connectivity index is 1.58. The van der Waals surface area contributed by atoms with Crippen LogP contribution in [0.1, 0.15) is 29.5 Å². The van der Waals surface area contributed by atoms with E-state index < -0.39 is 15.9 Å². The molecule has 0 aliphatic carbocycles. The van der Waals surface area contributed by atoms with E-state index in [1.807, 2.05) is 31.2 Å². The van der Waals surface area contributed by atoms with Gasteiger partial charge in [-0.05, 0) is 74.0 Å². The van der Waals surface area contributed by atoms with Gasteiger partial charge >= 0.3 is 0 Å². The summed E-state index contributed by atoms with van der Waals surface area (Å²) in [7, 11) is -3.16. The van der Waals surface area contributed by atoms with Crippen LogP contribution in [0.5, 0.6) is 5.75 Å². The zero-order valence-electron chi connectivity index (χ0n) is 17.7. The van der Waals surface area contributed by atoms with Crippen molar-refractivity contribution in [2.45, 2.75) is 25.9 Å². The Hall–Kier alpha value is -2.77. The van der Waals surface area contributed by atoms with E-state index in [1.165, 1.54) is 0 Å². The highest BCUT2D eigenvalue weighted by Gasteiger charge is 2.35. The Morgan fingerprint density at radius 1 is 1.09 bits per heavy atom. The molecule has 3 aromatic rings. The Bertz CT molecular complexity index is 1190. The van der Waals surface area contributed by atoms with Crippen molar-refractivity contribution in [3.63, 3.8) is 0 Å². The second-order valence-electron chi connectivity index (χ2n) is 7.72. The standard InChI is InChI=1S/C24H24ClNO5S/c1-2-30-21-9-5-18(6-10-21)24(27)26(20-13-14-32(28,29)16-20)15-22-11-12-23(31-22)17-3-7-19(25)8-4-17/h3-12,20H,2,13-16H2,1H3/t20-/m0/s1. The molecule has 1 aliphatic rings. The molecule has 0 spiro atoms. The normalized spacial score (nSPS) is 17.2. The lowest BCUT2D eigenvalue weighted by atomic mass is 10.1. The van der Waals surface area contributed by atoms with Crippen LogP contribution in [0.3, 0.4) is 0 Å². The Kier molecular flexibility index (Phi) is 6.58. The smallest absolute Gasteiger partial charge is 0.254 e. The summed E-state index contributed by atoms with van der Waals surface area (Å²) in [4.78, 5) is 15.0. The maximum atomic E-state index is 13.4. The highest BCUT2D eigenvalue weighted by atomic mass is 35.5. The van der Waals surface area contributed by atoms with Gasteiger partial charge < -0.3 is 14.1 Å². The van der Waals surface area contributed by atoms with Gasteiger partial charge in [0.25, 0.3) is 5.91 Å². The molecule has 0 bridgehead atoms. The summed E-state index contributed by atoms with van der Waals surface area (Å²) >= 11 is 5.96. The number of rotatable bonds is 7. The van der Waals surface area contributed by atoms with Crippen molar-refractivity contribution in [1.82, 2.24) is 4.90 Å². The van der Waals surface area contributed by atoms with E-state index in [0.717, 1.165) is 5.56 Å². The maximum absolute atomic E-state index is 13.4. The van der Waals surface area contributed by atoms with Crippen LogP contribution in [0.15, 0.2) is 65.1 Å². The first-order valence-corrected chi connectivity index (χ1v) is 12.6. The van der Waals surface area contributed by atoms with E-state index in [1.54, 1.807) is 41.3 Å².